The van der Waals surface area contributed by atoms with Crippen LogP contribution in [0.4, 0.5) is 18.9 Å². The number of benzene rings is 2. The van der Waals surface area contributed by atoms with Crippen LogP contribution in [0.5, 0.6) is 0 Å². The number of hydrogen-bond acceptors (Lipinski definition) is 3. The van der Waals surface area contributed by atoms with E-state index in [-0.39, 0.29) is 27.0 Å². The second-order valence-electron chi connectivity index (χ2n) is 5.22. The Morgan fingerprint density at radius 1 is 1.12 bits per heavy atom. The average molecular weight is 392 g/mol. The molecule has 9 heteroatoms. The van der Waals surface area contributed by atoms with E-state index in [9.17, 15) is 26.4 Å². The van der Waals surface area contributed by atoms with E-state index in [1.54, 1.807) is 0 Å². The molecule has 25 heavy (non-hydrogen) atoms. The number of halogens is 4. The fourth-order valence-electron chi connectivity index (χ4n) is 2.09. The lowest BCUT2D eigenvalue weighted by Crippen LogP contribution is -2.27. The van der Waals surface area contributed by atoms with Crippen LogP contribution in [0.15, 0.2) is 47.4 Å². The zero-order valence-electron chi connectivity index (χ0n) is 13.1. The number of rotatable bonds is 4. The van der Waals surface area contributed by atoms with Crippen LogP contribution in [0.25, 0.3) is 0 Å². The van der Waals surface area contributed by atoms with Crippen molar-refractivity contribution in [3.05, 3.63) is 58.6 Å². The predicted octanol–water partition coefficient (Wildman–Crippen LogP) is 4.39. The van der Waals surface area contributed by atoms with Gasteiger partial charge in [0.25, 0.3) is 10.0 Å². The van der Waals surface area contributed by atoms with Crippen molar-refractivity contribution in [3.63, 3.8) is 0 Å². The van der Waals surface area contributed by atoms with Gasteiger partial charge in [0.1, 0.15) is 0 Å². The van der Waals surface area contributed by atoms with E-state index in [4.69, 9.17) is 11.6 Å². The van der Waals surface area contributed by atoms with Gasteiger partial charge in [0.05, 0.1) is 21.2 Å². The molecular formula is C16H13ClF3NO3S. The first-order valence-corrected chi connectivity index (χ1v) is 8.73. The number of nitrogens with zero attached hydrogens (tertiary/aromatic N) is 1. The van der Waals surface area contributed by atoms with Gasteiger partial charge in [0, 0.05) is 12.6 Å². The maximum absolute atomic E-state index is 12.9. The number of hydrogen-bond donors (Lipinski definition) is 0. The Kier molecular flexibility index (Phi) is 5.15. The summed E-state index contributed by atoms with van der Waals surface area (Å²) in [4.78, 5) is 11.2. The molecule has 0 atom stereocenters. The predicted molar refractivity (Wildman–Crippen MR) is 88.5 cm³/mol. The summed E-state index contributed by atoms with van der Waals surface area (Å²) in [6.45, 7) is 1.28. The first kappa shape index (κ1) is 19.3. The van der Waals surface area contributed by atoms with E-state index in [0.29, 0.717) is 10.4 Å². The standard InChI is InChI=1S/C16H13ClF3NO3S/c1-10(22)11-4-3-5-13(8-11)25(23,24)21(2)15-9-12(16(18,19)20)6-7-14(15)17/h3-9H,1-2H3. The number of ketones is 1. The Morgan fingerprint density at radius 2 is 1.76 bits per heavy atom. The van der Waals surface area contributed by atoms with Gasteiger partial charge >= 0.3 is 6.18 Å². The van der Waals surface area contributed by atoms with E-state index >= 15 is 0 Å². The molecule has 2 aromatic carbocycles. The highest BCUT2D eigenvalue weighted by Crippen LogP contribution is 2.36. The maximum Gasteiger partial charge on any atom is 0.416 e. The molecule has 0 aliphatic heterocycles. The summed E-state index contributed by atoms with van der Waals surface area (Å²) < 4.78 is 64.7. The monoisotopic (exact) mass is 391 g/mol. The van der Waals surface area contributed by atoms with Crippen molar-refractivity contribution >= 4 is 33.1 Å². The largest absolute Gasteiger partial charge is 0.416 e. The van der Waals surface area contributed by atoms with Crippen LogP contribution in [0.1, 0.15) is 22.8 Å². The molecule has 0 aromatic heterocycles. The molecule has 0 aliphatic carbocycles. The molecule has 0 heterocycles. The summed E-state index contributed by atoms with van der Waals surface area (Å²) in [6, 6.07) is 7.65. The maximum atomic E-state index is 12.9. The molecule has 0 saturated heterocycles. The summed E-state index contributed by atoms with van der Waals surface area (Å²) in [7, 11) is -3.11. The molecule has 0 N–H and O–H groups in total. The third-order valence-electron chi connectivity index (χ3n) is 3.51. The highest BCUT2D eigenvalue weighted by atomic mass is 35.5. The van der Waals surface area contributed by atoms with E-state index in [1.807, 2.05) is 0 Å². The van der Waals surface area contributed by atoms with Crippen molar-refractivity contribution in [2.24, 2.45) is 0 Å². The van der Waals surface area contributed by atoms with E-state index < -0.39 is 21.8 Å². The molecule has 2 rings (SSSR count). The summed E-state index contributed by atoms with van der Waals surface area (Å²) in [5.74, 6) is -0.336. The topological polar surface area (TPSA) is 54.5 Å². The number of Topliss-reactive ketones (excluding diaryl/α,β-unsaturated/α-hetero) is 1. The molecule has 0 fully saturated rings. The van der Waals surface area contributed by atoms with Gasteiger partial charge in [-0.3, -0.25) is 9.10 Å². The van der Waals surface area contributed by atoms with Crippen molar-refractivity contribution in [1.29, 1.82) is 0 Å². The van der Waals surface area contributed by atoms with Gasteiger partial charge in [0.2, 0.25) is 0 Å². The Bertz CT molecular complexity index is 926. The Labute approximate surface area is 147 Å². The van der Waals surface area contributed by atoms with Gasteiger partial charge < -0.3 is 0 Å². The molecule has 0 amide bonds. The van der Waals surface area contributed by atoms with Gasteiger partial charge in [-0.1, -0.05) is 23.7 Å². The first-order chi connectivity index (χ1) is 11.4. The number of sulfonamides is 1. The molecule has 0 saturated carbocycles. The smallest absolute Gasteiger partial charge is 0.295 e. The molecule has 0 bridgehead atoms. The highest BCUT2D eigenvalue weighted by Gasteiger charge is 2.32. The summed E-state index contributed by atoms with van der Waals surface area (Å²) in [5.41, 5.74) is -1.17. The second kappa shape index (κ2) is 6.68. The molecular weight excluding hydrogens is 379 g/mol. The lowest BCUT2D eigenvalue weighted by Gasteiger charge is -2.22. The molecule has 2 aromatic rings. The fourth-order valence-corrected chi connectivity index (χ4v) is 3.64. The minimum atomic E-state index is -4.64. The fraction of sp³-hybridized carbons (Fsp3) is 0.188. The van der Waals surface area contributed by atoms with Crippen LogP contribution in [0.2, 0.25) is 5.02 Å². The van der Waals surface area contributed by atoms with Gasteiger partial charge in [-0.25, -0.2) is 8.42 Å². The lowest BCUT2D eigenvalue weighted by atomic mass is 10.2. The van der Waals surface area contributed by atoms with Crippen molar-refractivity contribution in [3.8, 4) is 0 Å². The molecule has 4 nitrogen and oxygen atoms in total. The minimum absolute atomic E-state index is 0.151. The number of alkyl halides is 3. The first-order valence-electron chi connectivity index (χ1n) is 6.91. The zero-order chi connectivity index (χ0) is 19.0. The van der Waals surface area contributed by atoms with Crippen molar-refractivity contribution < 1.29 is 26.4 Å². The average Bonchev–Trinajstić information content (AvgIpc) is 2.53. The van der Waals surface area contributed by atoms with Crippen LogP contribution in [0, 0.1) is 0 Å². The van der Waals surface area contributed by atoms with Crippen LogP contribution >= 0.6 is 11.6 Å². The van der Waals surface area contributed by atoms with Crippen molar-refractivity contribution in [2.75, 3.05) is 11.4 Å². The normalized spacial score (nSPS) is 12.1. The van der Waals surface area contributed by atoms with Crippen LogP contribution in [-0.4, -0.2) is 21.2 Å². The van der Waals surface area contributed by atoms with Crippen LogP contribution in [0.3, 0.4) is 0 Å². The third kappa shape index (κ3) is 3.96. The van der Waals surface area contributed by atoms with Gasteiger partial charge in [-0.2, -0.15) is 13.2 Å². The Morgan fingerprint density at radius 3 is 2.32 bits per heavy atom. The van der Waals surface area contributed by atoms with Crippen LogP contribution in [-0.2, 0) is 16.2 Å². The van der Waals surface area contributed by atoms with Crippen molar-refractivity contribution in [1.82, 2.24) is 0 Å². The summed E-state index contributed by atoms with van der Waals surface area (Å²) in [6.07, 6.45) is -4.64. The van der Waals surface area contributed by atoms with E-state index in [1.165, 1.54) is 25.1 Å². The Hall–Kier alpha value is -2.06. The zero-order valence-corrected chi connectivity index (χ0v) is 14.7. The second-order valence-corrected chi connectivity index (χ2v) is 7.60. The van der Waals surface area contributed by atoms with Gasteiger partial charge in [-0.15, -0.1) is 0 Å². The SMILES string of the molecule is CC(=O)c1cccc(S(=O)(=O)N(C)c2cc(C(F)(F)F)ccc2Cl)c1. The molecule has 0 unspecified atom stereocenters. The number of anilines is 1. The Balaban J connectivity index is 2.54. The summed E-state index contributed by atoms with van der Waals surface area (Å²) in [5, 5.41) is -0.151. The molecule has 0 aliphatic rings. The molecule has 0 radical (unpaired) electrons. The molecule has 0 spiro atoms. The van der Waals surface area contributed by atoms with E-state index in [0.717, 1.165) is 25.2 Å². The minimum Gasteiger partial charge on any atom is -0.295 e. The number of carbonyl (C=O) groups is 1. The van der Waals surface area contributed by atoms with Crippen LogP contribution < -0.4 is 4.31 Å². The third-order valence-corrected chi connectivity index (χ3v) is 5.60. The highest BCUT2D eigenvalue weighted by molar-refractivity contribution is 7.92. The van der Waals surface area contributed by atoms with Gasteiger partial charge in [0.15, 0.2) is 5.78 Å². The molecule has 134 valence electrons. The van der Waals surface area contributed by atoms with Gasteiger partial charge in [-0.05, 0) is 37.3 Å². The quantitative estimate of drug-likeness (QED) is 0.726. The lowest BCUT2D eigenvalue weighted by molar-refractivity contribution is -0.137. The number of carbonyl (C=O) groups excluding carboxylic acids is 1. The van der Waals surface area contributed by atoms with Crippen molar-refractivity contribution in [2.45, 2.75) is 18.0 Å². The van der Waals surface area contributed by atoms with E-state index in [2.05, 4.69) is 0 Å². The summed E-state index contributed by atoms with van der Waals surface area (Å²) >= 11 is 5.89.